The van der Waals surface area contributed by atoms with Crippen LogP contribution in [0.15, 0.2) is 58.1 Å². The molecule has 0 saturated carbocycles. The van der Waals surface area contributed by atoms with Crippen molar-refractivity contribution in [2.45, 2.75) is 0 Å². The molecule has 7 heteroatoms. The summed E-state index contributed by atoms with van der Waals surface area (Å²) in [5.41, 5.74) is -0.344. The molecular formula is C17H10ClN3O3. The zero-order valence-electron chi connectivity index (χ0n) is 12.3. The Morgan fingerprint density at radius 3 is 2.25 bits per heavy atom. The number of para-hydroxylation sites is 1. The Labute approximate surface area is 139 Å². The highest BCUT2D eigenvalue weighted by Crippen LogP contribution is 2.16. The molecule has 0 saturated heterocycles. The summed E-state index contributed by atoms with van der Waals surface area (Å²) < 4.78 is 1.78. The van der Waals surface area contributed by atoms with Crippen LogP contribution < -0.4 is 11.1 Å². The first-order chi connectivity index (χ1) is 11.6. The predicted octanol–water partition coefficient (Wildman–Crippen LogP) is 2.04. The molecule has 0 radical (unpaired) electrons. The van der Waals surface area contributed by atoms with Crippen LogP contribution in [-0.2, 0) is 0 Å². The minimum atomic E-state index is -0.684. The molecule has 2 aromatic carbocycles. The van der Waals surface area contributed by atoms with Crippen LogP contribution in [0.2, 0.25) is 0 Å². The van der Waals surface area contributed by atoms with Crippen LogP contribution in [0.4, 0.5) is 0 Å². The molecule has 2 heterocycles. The summed E-state index contributed by atoms with van der Waals surface area (Å²) in [6, 6.07) is 13.5. The van der Waals surface area contributed by atoms with Crippen LogP contribution in [0, 0.1) is 0 Å². The lowest BCUT2D eigenvalue weighted by Gasteiger charge is -2.12. The van der Waals surface area contributed by atoms with E-state index in [-0.39, 0.29) is 5.65 Å². The standard InChI is InChI=1S/C17H10ClN3O3/c18-9-14(22)20-16(23)11-6-2-1-5-10(11)15-19-13-8-4-3-7-12(13)17(24)21(15)20/h1-8H,9H2. The van der Waals surface area contributed by atoms with E-state index < -0.39 is 22.9 Å². The zero-order chi connectivity index (χ0) is 16.8. The first-order valence-electron chi connectivity index (χ1n) is 7.18. The molecule has 0 bridgehead atoms. The second kappa shape index (κ2) is 5.28. The molecular weight excluding hydrogens is 330 g/mol. The SMILES string of the molecule is O=C(CCl)n1c(=O)c2ccccc2c2nc3ccccc3c(=O)n21. The van der Waals surface area contributed by atoms with Gasteiger partial charge in [-0.2, -0.15) is 9.20 Å². The van der Waals surface area contributed by atoms with E-state index in [2.05, 4.69) is 4.98 Å². The lowest BCUT2D eigenvalue weighted by molar-refractivity contribution is 0.0913. The van der Waals surface area contributed by atoms with Crippen molar-refractivity contribution in [2.24, 2.45) is 0 Å². The van der Waals surface area contributed by atoms with Crippen molar-refractivity contribution in [3.63, 3.8) is 0 Å². The number of carbonyl (C=O) groups is 1. The van der Waals surface area contributed by atoms with Crippen molar-refractivity contribution in [3.05, 3.63) is 69.2 Å². The second-order valence-electron chi connectivity index (χ2n) is 5.26. The molecule has 0 spiro atoms. The summed E-state index contributed by atoms with van der Waals surface area (Å²) in [5.74, 6) is -1.11. The van der Waals surface area contributed by atoms with Gasteiger partial charge in [-0.25, -0.2) is 4.98 Å². The Hall–Kier alpha value is -2.99. The van der Waals surface area contributed by atoms with Crippen molar-refractivity contribution in [3.8, 4) is 0 Å². The van der Waals surface area contributed by atoms with Gasteiger partial charge < -0.3 is 0 Å². The number of aromatic nitrogens is 3. The number of carbonyl (C=O) groups excluding carboxylic acids is 1. The summed E-state index contributed by atoms with van der Waals surface area (Å²) in [4.78, 5) is 42.3. The summed E-state index contributed by atoms with van der Waals surface area (Å²) in [6.07, 6.45) is 0. The smallest absolute Gasteiger partial charge is 0.271 e. The third-order valence-corrected chi connectivity index (χ3v) is 4.12. The third kappa shape index (κ3) is 1.90. The van der Waals surface area contributed by atoms with Crippen LogP contribution in [0.5, 0.6) is 0 Å². The summed E-state index contributed by atoms with van der Waals surface area (Å²) in [6.45, 7) is 0. The number of alkyl halides is 1. The van der Waals surface area contributed by atoms with Gasteiger partial charge in [-0.1, -0.05) is 30.3 Å². The summed E-state index contributed by atoms with van der Waals surface area (Å²) >= 11 is 5.64. The molecule has 118 valence electrons. The Morgan fingerprint density at radius 1 is 0.917 bits per heavy atom. The van der Waals surface area contributed by atoms with Crippen LogP contribution in [0.25, 0.3) is 27.3 Å². The van der Waals surface area contributed by atoms with Crippen molar-refractivity contribution >= 4 is 44.8 Å². The molecule has 0 unspecified atom stereocenters. The van der Waals surface area contributed by atoms with Gasteiger partial charge in [0.05, 0.1) is 16.3 Å². The normalized spacial score (nSPS) is 11.4. The Morgan fingerprint density at radius 2 is 1.54 bits per heavy atom. The summed E-state index contributed by atoms with van der Waals surface area (Å²) in [7, 11) is 0. The van der Waals surface area contributed by atoms with E-state index in [4.69, 9.17) is 11.6 Å². The molecule has 0 aliphatic heterocycles. The summed E-state index contributed by atoms with van der Waals surface area (Å²) in [5, 5.41) is 1.13. The molecule has 0 aliphatic rings. The van der Waals surface area contributed by atoms with E-state index in [0.29, 0.717) is 21.7 Å². The van der Waals surface area contributed by atoms with Gasteiger partial charge in [-0.05, 0) is 18.2 Å². The Bertz CT molecular complexity index is 1260. The van der Waals surface area contributed by atoms with Crippen LogP contribution in [0.1, 0.15) is 4.79 Å². The molecule has 0 atom stereocenters. The fraction of sp³-hybridized carbons (Fsp3) is 0.0588. The second-order valence-corrected chi connectivity index (χ2v) is 5.53. The lowest BCUT2D eigenvalue weighted by atomic mass is 10.2. The Kier molecular flexibility index (Phi) is 3.21. The van der Waals surface area contributed by atoms with Crippen LogP contribution in [0.3, 0.4) is 0 Å². The molecule has 2 aromatic heterocycles. The molecule has 0 aliphatic carbocycles. The average Bonchev–Trinajstić information content (AvgIpc) is 2.62. The highest BCUT2D eigenvalue weighted by Gasteiger charge is 2.18. The molecule has 0 N–H and O–H groups in total. The molecule has 4 aromatic rings. The van der Waals surface area contributed by atoms with E-state index in [0.717, 1.165) is 9.20 Å². The van der Waals surface area contributed by atoms with E-state index in [1.54, 1.807) is 48.5 Å². The number of rotatable bonds is 1. The largest absolute Gasteiger partial charge is 0.281 e. The first kappa shape index (κ1) is 14.6. The predicted molar refractivity (Wildman–Crippen MR) is 92.1 cm³/mol. The van der Waals surface area contributed by atoms with E-state index in [9.17, 15) is 14.4 Å². The molecule has 0 amide bonds. The quantitative estimate of drug-likeness (QED) is 0.302. The average molecular weight is 340 g/mol. The fourth-order valence-corrected chi connectivity index (χ4v) is 2.95. The maximum atomic E-state index is 12.9. The number of fused-ring (bicyclic) bond motifs is 4. The topological polar surface area (TPSA) is 73.4 Å². The molecule has 6 nitrogen and oxygen atoms in total. The molecule has 24 heavy (non-hydrogen) atoms. The van der Waals surface area contributed by atoms with Gasteiger partial charge in [0.2, 0.25) is 0 Å². The molecule has 0 fully saturated rings. The number of nitrogens with zero attached hydrogens (tertiary/aromatic N) is 3. The van der Waals surface area contributed by atoms with Gasteiger partial charge in [-0.3, -0.25) is 14.4 Å². The number of halogens is 1. The van der Waals surface area contributed by atoms with Crippen molar-refractivity contribution in [1.29, 1.82) is 0 Å². The Balaban J connectivity index is 2.42. The van der Waals surface area contributed by atoms with Gasteiger partial charge in [0, 0.05) is 5.39 Å². The van der Waals surface area contributed by atoms with E-state index in [1.165, 1.54) is 0 Å². The third-order valence-electron chi connectivity index (χ3n) is 3.90. The number of hydrogen-bond donors (Lipinski definition) is 0. The van der Waals surface area contributed by atoms with Crippen molar-refractivity contribution < 1.29 is 4.79 Å². The van der Waals surface area contributed by atoms with Crippen molar-refractivity contribution in [2.75, 3.05) is 5.88 Å². The zero-order valence-corrected chi connectivity index (χ0v) is 13.0. The highest BCUT2D eigenvalue weighted by molar-refractivity contribution is 6.27. The van der Waals surface area contributed by atoms with Crippen molar-refractivity contribution in [1.82, 2.24) is 14.2 Å². The minimum absolute atomic E-state index is 0.243. The van der Waals surface area contributed by atoms with E-state index in [1.807, 2.05) is 0 Å². The van der Waals surface area contributed by atoms with Crippen LogP contribution in [-0.4, -0.2) is 26.0 Å². The maximum Gasteiger partial charge on any atom is 0.281 e. The number of benzene rings is 2. The van der Waals surface area contributed by atoms with Gasteiger partial charge >= 0.3 is 0 Å². The van der Waals surface area contributed by atoms with Gasteiger partial charge in [0.25, 0.3) is 17.0 Å². The van der Waals surface area contributed by atoms with E-state index >= 15 is 0 Å². The minimum Gasteiger partial charge on any atom is -0.271 e. The lowest BCUT2D eigenvalue weighted by Crippen LogP contribution is -2.38. The van der Waals surface area contributed by atoms with Gasteiger partial charge in [0.1, 0.15) is 5.88 Å². The van der Waals surface area contributed by atoms with Gasteiger partial charge in [-0.15, -0.1) is 11.6 Å². The highest BCUT2D eigenvalue weighted by atomic mass is 35.5. The first-order valence-corrected chi connectivity index (χ1v) is 7.71. The van der Waals surface area contributed by atoms with Crippen LogP contribution >= 0.6 is 11.6 Å². The molecule has 4 rings (SSSR count). The monoisotopic (exact) mass is 339 g/mol. The number of hydrogen-bond acceptors (Lipinski definition) is 4. The maximum absolute atomic E-state index is 12.9. The van der Waals surface area contributed by atoms with Gasteiger partial charge in [0.15, 0.2) is 5.65 Å². The fourth-order valence-electron chi connectivity index (χ4n) is 2.83.